The summed E-state index contributed by atoms with van der Waals surface area (Å²) in [4.78, 5) is 22.6. The second kappa shape index (κ2) is 6.17. The fourth-order valence-corrected chi connectivity index (χ4v) is 1.91. The van der Waals surface area contributed by atoms with E-state index >= 15 is 0 Å². The minimum atomic E-state index is -0.357. The van der Waals surface area contributed by atoms with Crippen LogP contribution in [0.25, 0.3) is 0 Å². The van der Waals surface area contributed by atoms with Gasteiger partial charge in [-0.25, -0.2) is 9.18 Å². The van der Waals surface area contributed by atoms with E-state index in [1.165, 1.54) is 6.07 Å². The Morgan fingerprint density at radius 3 is 2.89 bits per heavy atom. The maximum absolute atomic E-state index is 13.3. The number of nitrogens with one attached hydrogen (secondary N) is 3. The quantitative estimate of drug-likeness (QED) is 0.760. The van der Waals surface area contributed by atoms with Gasteiger partial charge in [-0.1, -0.05) is 18.2 Å². The molecule has 5 nitrogen and oxygen atoms in total. The lowest BCUT2D eigenvalue weighted by atomic mass is 10.1. The second-order valence-electron chi connectivity index (χ2n) is 4.46. The molecule has 6 heteroatoms. The average molecular weight is 265 g/mol. The molecule has 0 spiro atoms. The van der Waals surface area contributed by atoms with Crippen LogP contribution in [-0.4, -0.2) is 24.5 Å². The lowest BCUT2D eigenvalue weighted by Gasteiger charge is -2.23. The molecule has 0 aliphatic carbocycles. The summed E-state index contributed by atoms with van der Waals surface area (Å²) in [6.07, 6.45) is 1.04. The summed E-state index contributed by atoms with van der Waals surface area (Å²) in [5.41, 5.74) is 0.439. The van der Waals surface area contributed by atoms with E-state index in [1.54, 1.807) is 18.2 Å². The van der Waals surface area contributed by atoms with E-state index in [1.807, 2.05) is 0 Å². The monoisotopic (exact) mass is 265 g/mol. The lowest BCUT2D eigenvalue weighted by molar-refractivity contribution is -0.122. The van der Waals surface area contributed by atoms with Crippen molar-refractivity contribution in [3.8, 4) is 0 Å². The number of urea groups is 1. The van der Waals surface area contributed by atoms with Crippen molar-refractivity contribution in [2.75, 3.05) is 6.54 Å². The molecule has 3 amide bonds. The van der Waals surface area contributed by atoms with E-state index in [0.717, 1.165) is 0 Å². The molecule has 0 radical (unpaired) electrons. The van der Waals surface area contributed by atoms with Crippen molar-refractivity contribution < 1.29 is 14.0 Å². The van der Waals surface area contributed by atoms with E-state index in [0.29, 0.717) is 24.9 Å². The first-order valence-electron chi connectivity index (χ1n) is 6.19. The first-order valence-corrected chi connectivity index (χ1v) is 6.19. The first-order chi connectivity index (χ1) is 9.15. The van der Waals surface area contributed by atoms with Gasteiger partial charge in [-0.3, -0.25) is 4.79 Å². The predicted molar refractivity (Wildman–Crippen MR) is 67.8 cm³/mol. The molecule has 1 saturated heterocycles. The molecular weight excluding hydrogens is 249 g/mol. The van der Waals surface area contributed by atoms with Crippen molar-refractivity contribution in [2.24, 2.45) is 0 Å². The number of carbonyl (C=O) groups excluding carboxylic acids is 2. The Morgan fingerprint density at radius 2 is 2.21 bits per heavy atom. The number of hydrogen-bond acceptors (Lipinski definition) is 2. The van der Waals surface area contributed by atoms with Gasteiger partial charge in [0.05, 0.1) is 0 Å². The molecule has 3 N–H and O–H groups in total. The minimum absolute atomic E-state index is 0.00446. The Labute approximate surface area is 110 Å². The molecule has 0 bridgehead atoms. The van der Waals surface area contributed by atoms with Crippen LogP contribution in [0.5, 0.6) is 0 Å². The molecule has 0 unspecified atom stereocenters. The Kier molecular flexibility index (Phi) is 4.33. The fourth-order valence-electron chi connectivity index (χ4n) is 1.91. The number of benzene rings is 1. The lowest BCUT2D eigenvalue weighted by Crippen LogP contribution is -2.50. The molecule has 1 atom stereocenters. The van der Waals surface area contributed by atoms with Crippen LogP contribution in [-0.2, 0) is 11.3 Å². The third-order valence-corrected chi connectivity index (χ3v) is 3.00. The van der Waals surface area contributed by atoms with E-state index < -0.39 is 0 Å². The van der Waals surface area contributed by atoms with Crippen molar-refractivity contribution in [1.29, 1.82) is 0 Å². The van der Waals surface area contributed by atoms with Crippen LogP contribution in [0.2, 0.25) is 0 Å². The summed E-state index contributed by atoms with van der Waals surface area (Å²) in [5.74, 6) is -0.336. The molecular formula is C13H16FN3O2. The molecule has 0 saturated carbocycles. The van der Waals surface area contributed by atoms with Gasteiger partial charge < -0.3 is 16.0 Å². The molecule has 1 aliphatic rings. The fraction of sp³-hybridized carbons (Fsp3) is 0.385. The number of amides is 3. The Balaban J connectivity index is 1.76. The zero-order chi connectivity index (χ0) is 13.7. The molecule has 1 aromatic rings. The van der Waals surface area contributed by atoms with Crippen LogP contribution in [0.4, 0.5) is 9.18 Å². The topological polar surface area (TPSA) is 70.2 Å². The third-order valence-electron chi connectivity index (χ3n) is 3.00. The SMILES string of the molecule is O=C1CC[C@@H](NC(=O)NCc2ccccc2F)CN1. The van der Waals surface area contributed by atoms with Gasteiger partial charge in [-0.15, -0.1) is 0 Å². The summed E-state index contributed by atoms with van der Waals surface area (Å²) in [6.45, 7) is 0.573. The van der Waals surface area contributed by atoms with Gasteiger partial charge in [0.1, 0.15) is 5.82 Å². The number of piperidine rings is 1. The zero-order valence-corrected chi connectivity index (χ0v) is 10.4. The number of hydrogen-bond donors (Lipinski definition) is 3. The van der Waals surface area contributed by atoms with Crippen molar-refractivity contribution in [1.82, 2.24) is 16.0 Å². The van der Waals surface area contributed by atoms with Crippen LogP contribution in [0.1, 0.15) is 18.4 Å². The van der Waals surface area contributed by atoms with Crippen molar-refractivity contribution >= 4 is 11.9 Å². The highest BCUT2D eigenvalue weighted by Gasteiger charge is 2.19. The standard InChI is InChI=1S/C13H16FN3O2/c14-11-4-2-1-3-9(11)7-16-13(19)17-10-5-6-12(18)15-8-10/h1-4,10H,5-8H2,(H,15,18)(H2,16,17,19)/t10-/m1/s1. The normalized spacial score (nSPS) is 18.6. The number of halogens is 1. The van der Waals surface area contributed by atoms with Crippen molar-refractivity contribution in [3.63, 3.8) is 0 Å². The Bertz CT molecular complexity index is 469. The highest BCUT2D eigenvalue weighted by atomic mass is 19.1. The second-order valence-corrected chi connectivity index (χ2v) is 4.46. The van der Waals surface area contributed by atoms with Crippen LogP contribution in [0.3, 0.4) is 0 Å². The molecule has 0 aromatic heterocycles. The van der Waals surface area contributed by atoms with Gasteiger partial charge in [0.25, 0.3) is 0 Å². The van der Waals surface area contributed by atoms with Gasteiger partial charge in [0.2, 0.25) is 5.91 Å². The van der Waals surface area contributed by atoms with Crippen LogP contribution < -0.4 is 16.0 Å². The van der Waals surface area contributed by atoms with E-state index in [4.69, 9.17) is 0 Å². The molecule has 1 aromatic carbocycles. The maximum Gasteiger partial charge on any atom is 0.315 e. The predicted octanol–water partition coefficient (Wildman–Crippen LogP) is 0.903. The highest BCUT2D eigenvalue weighted by Crippen LogP contribution is 2.06. The Hall–Kier alpha value is -2.11. The van der Waals surface area contributed by atoms with Gasteiger partial charge in [0.15, 0.2) is 0 Å². The van der Waals surface area contributed by atoms with Gasteiger partial charge >= 0.3 is 6.03 Å². The summed E-state index contributed by atoms with van der Waals surface area (Å²) in [5, 5.41) is 8.02. The highest BCUT2D eigenvalue weighted by molar-refractivity contribution is 5.78. The largest absolute Gasteiger partial charge is 0.354 e. The number of carbonyl (C=O) groups is 2. The summed E-state index contributed by atoms with van der Waals surface area (Å²) >= 11 is 0. The molecule has 102 valence electrons. The molecule has 2 rings (SSSR count). The molecule has 1 aliphatic heterocycles. The van der Waals surface area contributed by atoms with E-state index in [9.17, 15) is 14.0 Å². The smallest absolute Gasteiger partial charge is 0.315 e. The summed E-state index contributed by atoms with van der Waals surface area (Å²) < 4.78 is 13.3. The first kappa shape index (κ1) is 13.3. The van der Waals surface area contributed by atoms with Gasteiger partial charge in [-0.2, -0.15) is 0 Å². The average Bonchev–Trinajstić information content (AvgIpc) is 2.40. The van der Waals surface area contributed by atoms with Gasteiger partial charge in [0, 0.05) is 31.1 Å². The van der Waals surface area contributed by atoms with Gasteiger partial charge in [-0.05, 0) is 12.5 Å². The third kappa shape index (κ3) is 3.94. The summed E-state index contributed by atoms with van der Waals surface area (Å²) in [7, 11) is 0. The van der Waals surface area contributed by atoms with Crippen LogP contribution in [0.15, 0.2) is 24.3 Å². The molecule has 1 fully saturated rings. The van der Waals surface area contributed by atoms with Crippen LogP contribution >= 0.6 is 0 Å². The zero-order valence-electron chi connectivity index (χ0n) is 10.4. The van der Waals surface area contributed by atoms with E-state index in [2.05, 4.69) is 16.0 Å². The van der Waals surface area contributed by atoms with Crippen LogP contribution in [0, 0.1) is 5.82 Å². The maximum atomic E-state index is 13.3. The van der Waals surface area contributed by atoms with Crippen molar-refractivity contribution in [2.45, 2.75) is 25.4 Å². The number of rotatable bonds is 3. The molecule has 19 heavy (non-hydrogen) atoms. The molecule has 1 heterocycles. The summed E-state index contributed by atoms with van der Waals surface area (Å²) in [6, 6.07) is 5.86. The van der Waals surface area contributed by atoms with E-state index in [-0.39, 0.29) is 30.3 Å². The van der Waals surface area contributed by atoms with Crippen molar-refractivity contribution in [3.05, 3.63) is 35.6 Å². The Morgan fingerprint density at radius 1 is 1.42 bits per heavy atom. The minimum Gasteiger partial charge on any atom is -0.354 e.